The van der Waals surface area contributed by atoms with E-state index < -0.39 is 46.7 Å². The molecule has 0 saturated carbocycles. The topological polar surface area (TPSA) is 78.5 Å². The molecule has 1 aliphatic heterocycles. The fraction of sp³-hybridized carbons (Fsp3) is 0.438. The van der Waals surface area contributed by atoms with Gasteiger partial charge in [0.15, 0.2) is 0 Å². The molecule has 10 heteroatoms. The largest absolute Gasteiger partial charge is 0.417 e. The number of hydrogen-bond donors (Lipinski definition) is 2. The maximum Gasteiger partial charge on any atom is 0.417 e. The molecule has 2 N–H and O–H groups in total. The van der Waals surface area contributed by atoms with Crippen molar-refractivity contribution < 1.29 is 27.6 Å². The smallest absolute Gasteiger partial charge is 0.325 e. The third kappa shape index (κ3) is 3.77. The summed E-state index contributed by atoms with van der Waals surface area (Å²) in [6.07, 6.45) is -3.96. The Balaban J connectivity index is 2.13. The fourth-order valence-electron chi connectivity index (χ4n) is 2.71. The molecule has 1 heterocycles. The predicted molar refractivity (Wildman–Crippen MR) is 88.6 cm³/mol. The Morgan fingerprint density at radius 1 is 1.27 bits per heavy atom. The lowest BCUT2D eigenvalue weighted by molar-refractivity contribution is -0.137. The normalized spacial score (nSPS) is 16.6. The highest BCUT2D eigenvalue weighted by molar-refractivity contribution is 6.31. The number of imide groups is 1. The highest BCUT2D eigenvalue weighted by Crippen LogP contribution is 2.36. The number of carbonyl (C=O) groups is 3. The number of hydrogen-bond acceptors (Lipinski definition) is 3. The first kappa shape index (κ1) is 20.0. The first-order valence-corrected chi connectivity index (χ1v) is 8.22. The zero-order chi connectivity index (χ0) is 19.7. The van der Waals surface area contributed by atoms with Crippen molar-refractivity contribution in [2.24, 2.45) is 0 Å². The van der Waals surface area contributed by atoms with Crippen LogP contribution < -0.4 is 10.6 Å². The third-order valence-corrected chi connectivity index (χ3v) is 4.64. The molecule has 2 rings (SSSR count). The first-order chi connectivity index (χ1) is 12.0. The predicted octanol–water partition coefficient (Wildman–Crippen LogP) is 3.41. The Hall–Kier alpha value is -2.29. The van der Waals surface area contributed by atoms with Gasteiger partial charge in [0, 0.05) is 5.69 Å². The summed E-state index contributed by atoms with van der Waals surface area (Å²) >= 11 is 5.52. The number of halogens is 4. The number of amides is 4. The zero-order valence-corrected chi connectivity index (χ0v) is 14.8. The summed E-state index contributed by atoms with van der Waals surface area (Å²) in [5.41, 5.74) is -2.29. The molecule has 0 spiro atoms. The van der Waals surface area contributed by atoms with Crippen LogP contribution in [0, 0.1) is 0 Å². The van der Waals surface area contributed by atoms with Gasteiger partial charge in [0.05, 0.1) is 10.6 Å². The second-order valence-electron chi connectivity index (χ2n) is 5.85. The van der Waals surface area contributed by atoms with Crippen molar-refractivity contribution in [3.05, 3.63) is 28.8 Å². The van der Waals surface area contributed by atoms with Gasteiger partial charge in [-0.1, -0.05) is 25.4 Å². The van der Waals surface area contributed by atoms with Crippen LogP contribution in [-0.4, -0.2) is 34.8 Å². The van der Waals surface area contributed by atoms with Crippen LogP contribution in [0.15, 0.2) is 18.2 Å². The van der Waals surface area contributed by atoms with Crippen molar-refractivity contribution in [1.29, 1.82) is 0 Å². The van der Waals surface area contributed by atoms with Crippen molar-refractivity contribution in [2.75, 3.05) is 11.9 Å². The molecular weight excluding hydrogens is 375 g/mol. The Morgan fingerprint density at radius 2 is 1.88 bits per heavy atom. The number of anilines is 1. The highest BCUT2D eigenvalue weighted by atomic mass is 35.5. The van der Waals surface area contributed by atoms with Crippen molar-refractivity contribution >= 4 is 35.1 Å². The Morgan fingerprint density at radius 3 is 2.38 bits per heavy atom. The van der Waals surface area contributed by atoms with Crippen LogP contribution in [-0.2, 0) is 15.8 Å². The third-order valence-electron chi connectivity index (χ3n) is 4.31. The minimum absolute atomic E-state index is 0.143. The molecule has 6 nitrogen and oxygen atoms in total. The van der Waals surface area contributed by atoms with Crippen LogP contribution in [0.3, 0.4) is 0 Å². The van der Waals surface area contributed by atoms with Gasteiger partial charge in [-0.25, -0.2) is 4.79 Å². The van der Waals surface area contributed by atoms with Gasteiger partial charge in [0.1, 0.15) is 12.1 Å². The molecule has 1 saturated heterocycles. The van der Waals surface area contributed by atoms with E-state index in [-0.39, 0.29) is 5.69 Å². The molecule has 1 fully saturated rings. The minimum atomic E-state index is -4.68. The lowest BCUT2D eigenvalue weighted by atomic mass is 9.93. The van der Waals surface area contributed by atoms with Crippen molar-refractivity contribution in [1.82, 2.24) is 10.2 Å². The summed E-state index contributed by atoms with van der Waals surface area (Å²) in [6, 6.07) is 2.19. The lowest BCUT2D eigenvalue weighted by Gasteiger charge is -2.23. The molecule has 0 atom stereocenters. The molecule has 0 unspecified atom stereocenters. The van der Waals surface area contributed by atoms with Gasteiger partial charge in [0.25, 0.3) is 5.91 Å². The molecule has 1 aliphatic rings. The molecule has 0 aliphatic carbocycles. The Labute approximate surface area is 152 Å². The van der Waals surface area contributed by atoms with E-state index in [0.717, 1.165) is 11.0 Å². The van der Waals surface area contributed by atoms with Gasteiger partial charge in [-0.2, -0.15) is 13.2 Å². The van der Waals surface area contributed by atoms with Gasteiger partial charge in [0.2, 0.25) is 5.91 Å². The maximum absolute atomic E-state index is 12.9. The molecule has 142 valence electrons. The Kier molecular flexibility index (Phi) is 5.50. The SMILES string of the molecule is CCC1(CC)NC(=O)N(CC(=O)Nc2ccc(Cl)c(C(F)(F)F)c2)C1=O. The van der Waals surface area contributed by atoms with E-state index in [4.69, 9.17) is 11.6 Å². The zero-order valence-electron chi connectivity index (χ0n) is 14.0. The number of urea groups is 1. The number of benzene rings is 1. The highest BCUT2D eigenvalue weighted by Gasteiger charge is 2.49. The molecule has 0 bridgehead atoms. The summed E-state index contributed by atoms with van der Waals surface area (Å²) in [7, 11) is 0. The van der Waals surface area contributed by atoms with Crippen molar-refractivity contribution in [3.63, 3.8) is 0 Å². The van der Waals surface area contributed by atoms with Gasteiger partial charge < -0.3 is 10.6 Å². The van der Waals surface area contributed by atoms with E-state index in [1.54, 1.807) is 13.8 Å². The monoisotopic (exact) mass is 391 g/mol. The van der Waals surface area contributed by atoms with Crippen LogP contribution in [0.2, 0.25) is 5.02 Å². The molecule has 0 aromatic heterocycles. The van der Waals surface area contributed by atoms with E-state index in [1.807, 2.05) is 0 Å². The summed E-state index contributed by atoms with van der Waals surface area (Å²) in [5.74, 6) is -1.33. The summed E-state index contributed by atoms with van der Waals surface area (Å²) < 4.78 is 38.6. The van der Waals surface area contributed by atoms with E-state index in [0.29, 0.717) is 18.9 Å². The summed E-state index contributed by atoms with van der Waals surface area (Å²) in [4.78, 5) is 37.2. The number of rotatable bonds is 5. The molecular formula is C16H17ClF3N3O3. The van der Waals surface area contributed by atoms with Gasteiger partial charge >= 0.3 is 12.2 Å². The van der Waals surface area contributed by atoms with E-state index in [9.17, 15) is 27.6 Å². The fourth-order valence-corrected chi connectivity index (χ4v) is 2.94. The number of alkyl halides is 3. The first-order valence-electron chi connectivity index (χ1n) is 7.84. The average Bonchev–Trinajstić information content (AvgIpc) is 2.80. The number of carbonyl (C=O) groups excluding carboxylic acids is 3. The van der Waals surface area contributed by atoms with Crippen LogP contribution >= 0.6 is 11.6 Å². The molecule has 0 radical (unpaired) electrons. The number of nitrogens with one attached hydrogen (secondary N) is 2. The Bertz CT molecular complexity index is 748. The standard InChI is InChI=1S/C16H17ClF3N3O3/c1-3-15(4-2)13(25)23(14(26)22-15)8-12(24)21-9-5-6-11(17)10(7-9)16(18,19)20/h5-7H,3-4,8H2,1-2H3,(H,21,24)(H,22,26). The van der Waals surface area contributed by atoms with Crippen molar-refractivity contribution in [2.45, 2.75) is 38.4 Å². The van der Waals surface area contributed by atoms with Crippen LogP contribution in [0.1, 0.15) is 32.3 Å². The molecule has 1 aromatic carbocycles. The van der Waals surface area contributed by atoms with Gasteiger partial charge in [-0.15, -0.1) is 0 Å². The lowest BCUT2D eigenvalue weighted by Crippen LogP contribution is -2.46. The van der Waals surface area contributed by atoms with E-state index in [1.165, 1.54) is 6.07 Å². The summed E-state index contributed by atoms with van der Waals surface area (Å²) in [5, 5.41) is 4.31. The second kappa shape index (κ2) is 7.14. The molecule has 4 amide bonds. The van der Waals surface area contributed by atoms with E-state index >= 15 is 0 Å². The van der Waals surface area contributed by atoms with Gasteiger partial charge in [-0.3, -0.25) is 14.5 Å². The number of nitrogens with zero attached hydrogens (tertiary/aromatic N) is 1. The molecule has 1 aromatic rings. The minimum Gasteiger partial charge on any atom is -0.325 e. The van der Waals surface area contributed by atoms with Crippen LogP contribution in [0.5, 0.6) is 0 Å². The van der Waals surface area contributed by atoms with Crippen LogP contribution in [0.25, 0.3) is 0 Å². The second-order valence-corrected chi connectivity index (χ2v) is 6.26. The van der Waals surface area contributed by atoms with Crippen molar-refractivity contribution in [3.8, 4) is 0 Å². The summed E-state index contributed by atoms with van der Waals surface area (Å²) in [6.45, 7) is 2.87. The maximum atomic E-state index is 12.9. The van der Waals surface area contributed by atoms with Crippen LogP contribution in [0.4, 0.5) is 23.7 Å². The van der Waals surface area contributed by atoms with E-state index in [2.05, 4.69) is 10.6 Å². The van der Waals surface area contributed by atoms with Gasteiger partial charge in [-0.05, 0) is 31.0 Å². The average molecular weight is 392 g/mol. The molecule has 26 heavy (non-hydrogen) atoms. The quantitative estimate of drug-likeness (QED) is 0.755.